The van der Waals surface area contributed by atoms with Gasteiger partial charge in [-0.1, -0.05) is 70.9 Å². The molecule has 0 saturated carbocycles. The van der Waals surface area contributed by atoms with Crippen molar-refractivity contribution in [2.75, 3.05) is 26.0 Å². The van der Waals surface area contributed by atoms with Crippen LogP contribution in [0.2, 0.25) is 0 Å². The number of rotatable bonds is 18. The molecule has 2 rings (SSSR count). The van der Waals surface area contributed by atoms with Gasteiger partial charge in [0.05, 0.1) is 11.7 Å². The Morgan fingerprint density at radius 2 is 1.72 bits per heavy atom. The fourth-order valence-electron chi connectivity index (χ4n) is 4.14. The molecule has 3 N–H and O–H groups in total. The van der Waals surface area contributed by atoms with Gasteiger partial charge in [-0.2, -0.15) is 0 Å². The molecule has 0 spiro atoms. The lowest BCUT2D eigenvalue weighted by Gasteiger charge is -2.35. The van der Waals surface area contributed by atoms with Crippen LogP contribution in [0.1, 0.15) is 83.6 Å². The van der Waals surface area contributed by atoms with Gasteiger partial charge in [0, 0.05) is 37.6 Å². The second kappa shape index (κ2) is 20.0. The molecule has 5 nitrogen and oxygen atoms in total. The molecule has 39 heavy (non-hydrogen) atoms. The van der Waals surface area contributed by atoms with Crippen LogP contribution in [0.25, 0.3) is 0 Å². The zero-order chi connectivity index (χ0) is 29.1. The van der Waals surface area contributed by atoms with Crippen molar-refractivity contribution in [2.45, 2.75) is 95.5 Å². The molecule has 2 unspecified atom stereocenters. The standard InChI is InChI=1S/C20H24F3NO3S.C10H23N/c1-3-16(27-2)13-24-11-4-5-17(19(25)26)18(24)28-12-10-20(22,23)14-6-8-15(21)9-7-14;1-2-3-4-5-6-7-8-9-10-11/h4-9,11,16,18H,3,10,12-13H2,1-2H3,(H,25,26);2-11H2,1H3. The highest BCUT2D eigenvalue weighted by molar-refractivity contribution is 8.00. The first-order chi connectivity index (χ1) is 18.7. The van der Waals surface area contributed by atoms with Gasteiger partial charge < -0.3 is 20.5 Å². The second-order valence-electron chi connectivity index (χ2n) is 9.68. The van der Waals surface area contributed by atoms with E-state index in [0.29, 0.717) is 6.54 Å². The molecule has 1 aromatic rings. The molecule has 0 bridgehead atoms. The maximum Gasteiger partial charge on any atom is 0.334 e. The maximum absolute atomic E-state index is 14.4. The smallest absolute Gasteiger partial charge is 0.334 e. The number of allylic oxidation sites excluding steroid dienone is 2. The van der Waals surface area contributed by atoms with E-state index < -0.39 is 29.5 Å². The summed E-state index contributed by atoms with van der Waals surface area (Å²) in [4.78, 5) is 13.4. The number of carbonyl (C=O) groups is 1. The first-order valence-electron chi connectivity index (χ1n) is 14.1. The highest BCUT2D eigenvalue weighted by atomic mass is 32.2. The fourth-order valence-corrected chi connectivity index (χ4v) is 5.44. The van der Waals surface area contributed by atoms with E-state index in [0.717, 1.165) is 49.0 Å². The molecule has 0 aromatic heterocycles. The van der Waals surface area contributed by atoms with E-state index in [2.05, 4.69) is 6.92 Å². The Morgan fingerprint density at radius 1 is 1.10 bits per heavy atom. The highest BCUT2D eigenvalue weighted by Crippen LogP contribution is 2.36. The van der Waals surface area contributed by atoms with Gasteiger partial charge in [0.15, 0.2) is 0 Å². The molecule has 2 atom stereocenters. The van der Waals surface area contributed by atoms with Crippen molar-refractivity contribution in [3.05, 3.63) is 59.6 Å². The van der Waals surface area contributed by atoms with Crippen LogP contribution >= 0.6 is 11.8 Å². The first kappa shape index (κ1) is 35.1. The quantitative estimate of drug-likeness (QED) is 0.175. The minimum atomic E-state index is -3.12. The Labute approximate surface area is 237 Å². The van der Waals surface area contributed by atoms with E-state index in [-0.39, 0.29) is 23.0 Å². The van der Waals surface area contributed by atoms with Gasteiger partial charge in [0.1, 0.15) is 11.2 Å². The van der Waals surface area contributed by atoms with Crippen molar-refractivity contribution in [3.63, 3.8) is 0 Å². The van der Waals surface area contributed by atoms with Gasteiger partial charge in [-0.05, 0) is 43.7 Å². The average molecular weight is 573 g/mol. The number of benzene rings is 1. The van der Waals surface area contributed by atoms with Gasteiger partial charge in [-0.25, -0.2) is 18.0 Å². The van der Waals surface area contributed by atoms with Crippen molar-refractivity contribution in [1.29, 1.82) is 0 Å². The summed E-state index contributed by atoms with van der Waals surface area (Å²) >= 11 is 1.15. The van der Waals surface area contributed by atoms with Crippen molar-refractivity contribution in [1.82, 2.24) is 4.90 Å². The molecule has 222 valence electrons. The molecule has 1 aromatic carbocycles. The lowest BCUT2D eigenvalue weighted by atomic mass is 10.1. The third kappa shape index (κ3) is 13.8. The van der Waals surface area contributed by atoms with Crippen LogP contribution in [0.3, 0.4) is 0 Å². The summed E-state index contributed by atoms with van der Waals surface area (Å²) in [5.74, 6) is -4.74. The largest absolute Gasteiger partial charge is 0.478 e. The van der Waals surface area contributed by atoms with Crippen LogP contribution in [0.4, 0.5) is 13.2 Å². The monoisotopic (exact) mass is 572 g/mol. The lowest BCUT2D eigenvalue weighted by molar-refractivity contribution is -0.133. The van der Waals surface area contributed by atoms with Gasteiger partial charge in [0.2, 0.25) is 0 Å². The van der Waals surface area contributed by atoms with Crippen LogP contribution in [-0.2, 0) is 15.5 Å². The Hall–Kier alpha value is -1.97. The molecule has 0 amide bonds. The molecular weight excluding hydrogens is 525 g/mol. The summed E-state index contributed by atoms with van der Waals surface area (Å²) in [6.07, 6.45) is 16.0. The molecule has 1 aliphatic heterocycles. The summed E-state index contributed by atoms with van der Waals surface area (Å²) in [6, 6.07) is 4.15. The zero-order valence-corrected chi connectivity index (χ0v) is 24.5. The van der Waals surface area contributed by atoms with E-state index >= 15 is 0 Å². The number of thioether (sulfide) groups is 1. The Bertz CT molecular complexity index is 854. The summed E-state index contributed by atoms with van der Waals surface area (Å²) in [7, 11) is 1.58. The van der Waals surface area contributed by atoms with E-state index in [1.165, 1.54) is 57.4 Å². The molecule has 0 radical (unpaired) electrons. The molecular formula is C30H47F3N2O3S. The van der Waals surface area contributed by atoms with Crippen molar-refractivity contribution >= 4 is 17.7 Å². The summed E-state index contributed by atoms with van der Waals surface area (Å²) in [6.45, 7) is 5.55. The van der Waals surface area contributed by atoms with E-state index in [1.54, 1.807) is 19.4 Å². The Morgan fingerprint density at radius 3 is 2.26 bits per heavy atom. The number of methoxy groups -OCH3 is 1. The van der Waals surface area contributed by atoms with Crippen molar-refractivity contribution < 1.29 is 27.8 Å². The fraction of sp³-hybridized carbons (Fsp3) is 0.633. The molecule has 1 aliphatic rings. The zero-order valence-electron chi connectivity index (χ0n) is 23.7. The van der Waals surface area contributed by atoms with Crippen molar-refractivity contribution in [3.8, 4) is 0 Å². The van der Waals surface area contributed by atoms with Crippen molar-refractivity contribution in [2.24, 2.45) is 5.73 Å². The molecule has 0 aliphatic carbocycles. The predicted molar refractivity (Wildman–Crippen MR) is 155 cm³/mol. The van der Waals surface area contributed by atoms with Gasteiger partial charge in [0.25, 0.3) is 5.92 Å². The van der Waals surface area contributed by atoms with Crippen LogP contribution in [0.5, 0.6) is 0 Å². The van der Waals surface area contributed by atoms with Crippen LogP contribution in [-0.4, -0.2) is 53.4 Å². The number of ether oxygens (including phenoxy) is 1. The molecule has 9 heteroatoms. The number of carboxylic acids is 1. The molecule has 0 fully saturated rings. The van der Waals surface area contributed by atoms with Gasteiger partial charge in [-0.3, -0.25) is 0 Å². The van der Waals surface area contributed by atoms with E-state index in [9.17, 15) is 23.1 Å². The Kier molecular flexibility index (Phi) is 18.0. The van der Waals surface area contributed by atoms with Crippen LogP contribution in [0, 0.1) is 5.82 Å². The van der Waals surface area contributed by atoms with E-state index in [1.807, 2.05) is 11.8 Å². The minimum Gasteiger partial charge on any atom is -0.478 e. The second-order valence-corrected chi connectivity index (χ2v) is 10.9. The average Bonchev–Trinajstić information content (AvgIpc) is 2.92. The topological polar surface area (TPSA) is 75.8 Å². The Balaban J connectivity index is 0.000000584. The SMILES string of the molecule is CCC(CN1C=CC=C(C(=O)O)C1SCCC(F)(F)c1ccc(F)cc1)OC.CCCCCCCCCCN. The summed E-state index contributed by atoms with van der Waals surface area (Å²) in [5.41, 5.74) is 5.28. The molecule has 1 heterocycles. The first-order valence-corrected chi connectivity index (χ1v) is 15.1. The van der Waals surface area contributed by atoms with E-state index in [4.69, 9.17) is 10.5 Å². The maximum atomic E-state index is 14.4. The minimum absolute atomic E-state index is 0.0355. The number of halogens is 3. The highest BCUT2D eigenvalue weighted by Gasteiger charge is 2.34. The third-order valence-electron chi connectivity index (χ3n) is 6.59. The number of hydrogen-bond acceptors (Lipinski definition) is 5. The predicted octanol–water partition coefficient (Wildman–Crippen LogP) is 7.72. The normalized spacial score (nSPS) is 15.9. The number of unbranched alkanes of at least 4 members (excludes halogenated alkanes) is 7. The third-order valence-corrected chi connectivity index (χ3v) is 7.87. The van der Waals surface area contributed by atoms with Gasteiger partial charge in [-0.15, -0.1) is 11.8 Å². The number of nitrogens with two attached hydrogens (primary N) is 1. The summed E-state index contributed by atoms with van der Waals surface area (Å²) < 4.78 is 47.1. The van der Waals surface area contributed by atoms with Gasteiger partial charge >= 0.3 is 5.97 Å². The number of nitrogens with zero attached hydrogens (tertiary/aromatic N) is 1. The number of aliphatic carboxylic acids is 1. The number of alkyl halides is 2. The number of carboxylic acid groups (broad SMARTS) is 1. The lowest BCUT2D eigenvalue weighted by Crippen LogP contribution is -2.40. The number of hydrogen-bond donors (Lipinski definition) is 2. The summed E-state index contributed by atoms with van der Waals surface area (Å²) in [5, 5.41) is 8.89. The van der Waals surface area contributed by atoms with Crippen LogP contribution < -0.4 is 5.73 Å². The van der Waals surface area contributed by atoms with Crippen LogP contribution in [0.15, 0.2) is 48.2 Å². The molecule has 0 saturated heterocycles.